The van der Waals surface area contributed by atoms with Crippen molar-refractivity contribution in [1.82, 2.24) is 0 Å². The quantitative estimate of drug-likeness (QED) is 0.801. The summed E-state index contributed by atoms with van der Waals surface area (Å²) in [6.07, 6.45) is 7.84. The first-order valence-electron chi connectivity index (χ1n) is 7.90. The van der Waals surface area contributed by atoms with Crippen molar-refractivity contribution in [2.45, 2.75) is 51.6 Å². The fraction of sp³-hybridized carbons (Fsp3) is 0.579. The van der Waals surface area contributed by atoms with E-state index in [0.29, 0.717) is 5.92 Å². The lowest BCUT2D eigenvalue weighted by Crippen LogP contribution is -2.50. The van der Waals surface area contributed by atoms with Crippen LogP contribution in [0.25, 0.3) is 6.08 Å². The maximum absolute atomic E-state index is 11.7. The van der Waals surface area contributed by atoms with Crippen molar-refractivity contribution >= 4 is 6.08 Å². The molecule has 0 radical (unpaired) electrons. The van der Waals surface area contributed by atoms with Crippen LogP contribution in [0.5, 0.6) is 0 Å². The number of benzene rings is 1. The van der Waals surface area contributed by atoms with Crippen LogP contribution in [0.2, 0.25) is 0 Å². The standard InChI is InChI=1S/C19H24O/c1-17(2)14-10-11-18(17,3)19(20,12-14)16-9-8-13-6-4-5-7-15(13)16/h4-9,14,16,20H,10-12H2,1-3H3. The van der Waals surface area contributed by atoms with Crippen molar-refractivity contribution in [3.8, 4) is 0 Å². The molecule has 0 aliphatic heterocycles. The second-order valence-electron chi connectivity index (χ2n) is 7.88. The molecule has 4 unspecified atom stereocenters. The van der Waals surface area contributed by atoms with Gasteiger partial charge in [0.2, 0.25) is 0 Å². The lowest BCUT2D eigenvalue weighted by molar-refractivity contribution is -0.0985. The second-order valence-corrected chi connectivity index (χ2v) is 7.88. The van der Waals surface area contributed by atoms with Gasteiger partial charge in [-0.2, -0.15) is 0 Å². The number of fused-ring (bicyclic) bond motifs is 3. The molecule has 0 aromatic heterocycles. The van der Waals surface area contributed by atoms with Crippen molar-refractivity contribution in [2.24, 2.45) is 16.7 Å². The van der Waals surface area contributed by atoms with Gasteiger partial charge in [-0.3, -0.25) is 0 Å². The maximum Gasteiger partial charge on any atom is 0.0812 e. The summed E-state index contributed by atoms with van der Waals surface area (Å²) in [5.74, 6) is 0.840. The van der Waals surface area contributed by atoms with E-state index in [2.05, 4.69) is 57.2 Å². The molecule has 4 atom stereocenters. The summed E-state index contributed by atoms with van der Waals surface area (Å²) in [7, 11) is 0. The second kappa shape index (κ2) is 3.57. The molecule has 106 valence electrons. The van der Waals surface area contributed by atoms with Gasteiger partial charge in [-0.1, -0.05) is 57.2 Å². The lowest BCUT2D eigenvalue weighted by atomic mass is 9.60. The van der Waals surface area contributed by atoms with E-state index in [4.69, 9.17) is 0 Å². The normalized spacial score (nSPS) is 44.0. The van der Waals surface area contributed by atoms with Crippen molar-refractivity contribution in [3.63, 3.8) is 0 Å². The van der Waals surface area contributed by atoms with E-state index < -0.39 is 5.60 Å². The topological polar surface area (TPSA) is 20.2 Å². The van der Waals surface area contributed by atoms with Crippen LogP contribution in [0.3, 0.4) is 0 Å². The third-order valence-corrected chi connectivity index (χ3v) is 7.26. The van der Waals surface area contributed by atoms with Gasteiger partial charge in [-0.05, 0) is 41.7 Å². The number of hydrogen-bond acceptors (Lipinski definition) is 1. The Hall–Kier alpha value is -1.08. The zero-order valence-electron chi connectivity index (χ0n) is 12.7. The molecular weight excluding hydrogens is 244 g/mol. The molecule has 1 N–H and O–H groups in total. The van der Waals surface area contributed by atoms with E-state index in [1.54, 1.807) is 0 Å². The van der Waals surface area contributed by atoms with Gasteiger partial charge in [-0.15, -0.1) is 0 Å². The first-order chi connectivity index (χ1) is 9.40. The van der Waals surface area contributed by atoms with Gasteiger partial charge in [-0.25, -0.2) is 0 Å². The summed E-state index contributed by atoms with van der Waals surface area (Å²) >= 11 is 0. The average molecular weight is 268 g/mol. The van der Waals surface area contributed by atoms with Crippen LogP contribution in [0.15, 0.2) is 30.3 Å². The van der Waals surface area contributed by atoms with E-state index in [0.717, 1.165) is 12.8 Å². The minimum Gasteiger partial charge on any atom is -0.388 e. The van der Waals surface area contributed by atoms with Crippen LogP contribution in [0, 0.1) is 16.7 Å². The van der Waals surface area contributed by atoms with Gasteiger partial charge in [0.1, 0.15) is 0 Å². The van der Waals surface area contributed by atoms with Crippen molar-refractivity contribution < 1.29 is 5.11 Å². The van der Waals surface area contributed by atoms with E-state index in [1.165, 1.54) is 17.5 Å². The molecule has 2 bridgehead atoms. The Bertz CT molecular complexity index is 600. The molecule has 0 amide bonds. The van der Waals surface area contributed by atoms with Gasteiger partial charge >= 0.3 is 0 Å². The van der Waals surface area contributed by atoms with Crippen LogP contribution in [-0.4, -0.2) is 10.7 Å². The highest BCUT2D eigenvalue weighted by Crippen LogP contribution is 2.72. The van der Waals surface area contributed by atoms with Crippen molar-refractivity contribution in [1.29, 1.82) is 0 Å². The predicted molar refractivity (Wildman–Crippen MR) is 82.4 cm³/mol. The van der Waals surface area contributed by atoms with Gasteiger partial charge in [0.25, 0.3) is 0 Å². The molecule has 4 rings (SSSR count). The Balaban J connectivity index is 1.83. The fourth-order valence-corrected chi connectivity index (χ4v) is 5.47. The zero-order valence-corrected chi connectivity index (χ0v) is 12.7. The SMILES string of the molecule is CC1(C)C2CCC1(C)C(O)(C1C=Cc3ccccc31)C2. The molecule has 1 aromatic rings. The maximum atomic E-state index is 11.7. The minimum absolute atomic E-state index is 0.0249. The molecule has 0 spiro atoms. The van der Waals surface area contributed by atoms with Gasteiger partial charge in [0.05, 0.1) is 5.60 Å². The molecule has 1 heteroatoms. The van der Waals surface area contributed by atoms with E-state index in [-0.39, 0.29) is 16.7 Å². The Morgan fingerprint density at radius 3 is 2.55 bits per heavy atom. The molecule has 1 nitrogen and oxygen atoms in total. The molecule has 3 aliphatic rings. The van der Waals surface area contributed by atoms with Crippen molar-refractivity contribution in [2.75, 3.05) is 0 Å². The molecule has 0 saturated heterocycles. The highest BCUT2D eigenvalue weighted by molar-refractivity contribution is 5.63. The third kappa shape index (κ3) is 1.19. The van der Waals surface area contributed by atoms with E-state index in [1.807, 2.05) is 0 Å². The summed E-state index contributed by atoms with van der Waals surface area (Å²) in [4.78, 5) is 0. The van der Waals surface area contributed by atoms with Crippen LogP contribution < -0.4 is 0 Å². The summed E-state index contributed by atoms with van der Waals surface area (Å²) < 4.78 is 0. The van der Waals surface area contributed by atoms with Crippen LogP contribution in [0.4, 0.5) is 0 Å². The first kappa shape index (κ1) is 12.6. The molecule has 0 heterocycles. The minimum atomic E-state index is -0.581. The molecular formula is C19H24O. The number of rotatable bonds is 1. The van der Waals surface area contributed by atoms with E-state index >= 15 is 0 Å². The van der Waals surface area contributed by atoms with Crippen molar-refractivity contribution in [3.05, 3.63) is 41.5 Å². The first-order valence-corrected chi connectivity index (χ1v) is 7.90. The summed E-state index contributed by atoms with van der Waals surface area (Å²) in [5, 5.41) is 11.7. The molecule has 2 fully saturated rings. The van der Waals surface area contributed by atoms with Crippen LogP contribution in [0.1, 0.15) is 57.1 Å². The molecule has 1 aromatic carbocycles. The van der Waals surface area contributed by atoms with Crippen LogP contribution >= 0.6 is 0 Å². The molecule has 3 aliphatic carbocycles. The Morgan fingerprint density at radius 2 is 1.90 bits per heavy atom. The molecule has 20 heavy (non-hydrogen) atoms. The number of aliphatic hydroxyl groups is 1. The Kier molecular flexibility index (Phi) is 2.26. The van der Waals surface area contributed by atoms with Gasteiger partial charge < -0.3 is 5.11 Å². The monoisotopic (exact) mass is 268 g/mol. The number of hydrogen-bond donors (Lipinski definition) is 1. The smallest absolute Gasteiger partial charge is 0.0812 e. The summed E-state index contributed by atoms with van der Waals surface area (Å²) in [5.41, 5.74) is 2.29. The third-order valence-electron chi connectivity index (χ3n) is 7.26. The highest BCUT2D eigenvalue weighted by Gasteiger charge is 2.70. The predicted octanol–water partition coefficient (Wildman–Crippen LogP) is 4.37. The van der Waals surface area contributed by atoms with Gasteiger partial charge in [0.15, 0.2) is 0 Å². The average Bonchev–Trinajstić information content (AvgIpc) is 2.98. The Labute approximate surface area is 121 Å². The van der Waals surface area contributed by atoms with E-state index in [9.17, 15) is 5.11 Å². The fourth-order valence-electron chi connectivity index (χ4n) is 5.47. The summed E-state index contributed by atoms with van der Waals surface area (Å²) in [6, 6.07) is 8.54. The Morgan fingerprint density at radius 1 is 1.15 bits per heavy atom. The highest BCUT2D eigenvalue weighted by atomic mass is 16.3. The van der Waals surface area contributed by atoms with Gasteiger partial charge in [0, 0.05) is 11.3 Å². The summed E-state index contributed by atoms with van der Waals surface area (Å²) in [6.45, 7) is 7.06. The lowest BCUT2D eigenvalue weighted by Gasteiger charge is -2.48. The van der Waals surface area contributed by atoms with Crippen LogP contribution in [-0.2, 0) is 0 Å². The largest absolute Gasteiger partial charge is 0.388 e. The molecule has 2 saturated carbocycles. The zero-order chi connectivity index (χ0) is 14.2.